The molecule has 0 aliphatic carbocycles. The highest BCUT2D eigenvalue weighted by atomic mass is 28.4. The molecule has 2 aromatic carbocycles. The maximum Gasteiger partial charge on any atom is 0.306 e. The van der Waals surface area contributed by atoms with E-state index in [0.717, 1.165) is 12.8 Å². The lowest BCUT2D eigenvalue weighted by Gasteiger charge is -2.45. The van der Waals surface area contributed by atoms with Crippen molar-refractivity contribution in [2.75, 3.05) is 0 Å². The summed E-state index contributed by atoms with van der Waals surface area (Å²) in [5.41, 5.74) is 0. The third kappa shape index (κ3) is 3.87. The lowest BCUT2D eigenvalue weighted by molar-refractivity contribution is -0.144. The zero-order valence-electron chi connectivity index (χ0n) is 16.8. The van der Waals surface area contributed by atoms with Crippen LogP contribution in [0.3, 0.4) is 0 Å². The standard InChI is InChI=1S/C23H30O3Si/c1-5-20(21-16-17-22(24)25-21)26-27(23(2,3)4,18-12-8-6-9-13-18)19-14-10-7-11-15-19/h6-15,20-21H,5,16-17H2,1-4H3/t20-,21+/m0/s1. The molecule has 2 atom stereocenters. The number of ether oxygens (including phenoxy) is 1. The molecule has 27 heavy (non-hydrogen) atoms. The SMILES string of the molecule is CC[C@H](O[Si](c1ccccc1)(c1ccccc1)C(C)(C)C)[C@H]1CCC(=O)O1. The first-order valence-corrected chi connectivity index (χ1v) is 11.8. The fourth-order valence-corrected chi connectivity index (χ4v) is 8.94. The summed E-state index contributed by atoms with van der Waals surface area (Å²) in [5.74, 6) is -0.107. The Labute approximate surface area is 163 Å². The summed E-state index contributed by atoms with van der Waals surface area (Å²) in [6, 6.07) is 21.2. The number of hydrogen-bond donors (Lipinski definition) is 0. The van der Waals surface area contributed by atoms with Gasteiger partial charge in [0.15, 0.2) is 0 Å². The van der Waals surface area contributed by atoms with Crippen LogP contribution in [0.1, 0.15) is 47.0 Å². The van der Waals surface area contributed by atoms with Gasteiger partial charge in [0.2, 0.25) is 0 Å². The Morgan fingerprint density at radius 2 is 1.56 bits per heavy atom. The Kier molecular flexibility index (Phi) is 5.87. The lowest BCUT2D eigenvalue weighted by atomic mass is 10.1. The van der Waals surface area contributed by atoms with Crippen LogP contribution in [-0.4, -0.2) is 26.5 Å². The topological polar surface area (TPSA) is 35.5 Å². The molecule has 0 aromatic heterocycles. The zero-order chi connectivity index (χ0) is 19.5. The Balaban J connectivity index is 2.12. The second kappa shape index (κ2) is 7.99. The second-order valence-corrected chi connectivity index (χ2v) is 12.5. The van der Waals surface area contributed by atoms with Crippen molar-refractivity contribution < 1.29 is 14.0 Å². The van der Waals surface area contributed by atoms with Crippen molar-refractivity contribution in [3.63, 3.8) is 0 Å². The number of hydrogen-bond acceptors (Lipinski definition) is 3. The lowest BCUT2D eigenvalue weighted by Crippen LogP contribution is -2.68. The van der Waals surface area contributed by atoms with E-state index in [1.54, 1.807) is 0 Å². The molecule has 0 radical (unpaired) electrons. The van der Waals surface area contributed by atoms with E-state index in [2.05, 4.69) is 76.2 Å². The van der Waals surface area contributed by atoms with Crippen LogP contribution in [0.25, 0.3) is 0 Å². The van der Waals surface area contributed by atoms with Crippen molar-refractivity contribution in [3.05, 3.63) is 60.7 Å². The summed E-state index contributed by atoms with van der Waals surface area (Å²) in [5, 5.41) is 2.43. The molecule has 2 aromatic rings. The number of esters is 1. The van der Waals surface area contributed by atoms with Crippen LogP contribution in [0.5, 0.6) is 0 Å². The molecule has 3 nitrogen and oxygen atoms in total. The van der Waals surface area contributed by atoms with E-state index < -0.39 is 8.32 Å². The molecule has 0 bridgehead atoms. The third-order valence-corrected chi connectivity index (χ3v) is 10.5. The van der Waals surface area contributed by atoms with Crippen molar-refractivity contribution in [2.24, 2.45) is 0 Å². The van der Waals surface area contributed by atoms with E-state index in [4.69, 9.17) is 9.16 Å². The minimum Gasteiger partial charge on any atom is -0.460 e. The summed E-state index contributed by atoms with van der Waals surface area (Å²) >= 11 is 0. The molecule has 4 heteroatoms. The molecule has 0 amide bonds. The number of rotatable bonds is 6. The summed E-state index contributed by atoms with van der Waals surface area (Å²) in [6.45, 7) is 8.93. The third-order valence-electron chi connectivity index (χ3n) is 5.48. The van der Waals surface area contributed by atoms with Crippen LogP contribution in [0.4, 0.5) is 0 Å². The summed E-state index contributed by atoms with van der Waals surface area (Å²) in [7, 11) is -2.61. The quantitative estimate of drug-likeness (QED) is 0.559. The molecule has 0 saturated carbocycles. The average molecular weight is 383 g/mol. The largest absolute Gasteiger partial charge is 0.460 e. The van der Waals surface area contributed by atoms with Crippen LogP contribution in [-0.2, 0) is 14.0 Å². The van der Waals surface area contributed by atoms with E-state index >= 15 is 0 Å². The average Bonchev–Trinajstić information content (AvgIpc) is 3.09. The Hall–Kier alpha value is -1.91. The van der Waals surface area contributed by atoms with Gasteiger partial charge in [-0.3, -0.25) is 4.79 Å². The van der Waals surface area contributed by atoms with Crippen LogP contribution in [0, 0.1) is 0 Å². The minimum absolute atomic E-state index is 0.0776. The van der Waals surface area contributed by atoms with Gasteiger partial charge in [0.05, 0.1) is 6.10 Å². The predicted octanol–water partition coefficient (Wildman–Crippen LogP) is 4.05. The maximum atomic E-state index is 11.7. The van der Waals surface area contributed by atoms with Gasteiger partial charge in [0.1, 0.15) is 6.10 Å². The van der Waals surface area contributed by atoms with Crippen molar-refractivity contribution >= 4 is 24.7 Å². The maximum absolute atomic E-state index is 11.7. The molecule has 0 spiro atoms. The Morgan fingerprint density at radius 1 is 1.04 bits per heavy atom. The Bertz CT molecular complexity index is 713. The van der Waals surface area contributed by atoms with E-state index in [9.17, 15) is 4.79 Å². The molecule has 0 unspecified atom stereocenters. The van der Waals surface area contributed by atoms with Crippen LogP contribution < -0.4 is 10.4 Å². The van der Waals surface area contributed by atoms with Crippen molar-refractivity contribution in [3.8, 4) is 0 Å². The van der Waals surface area contributed by atoms with E-state index in [1.165, 1.54) is 10.4 Å². The molecule has 1 saturated heterocycles. The summed E-state index contributed by atoms with van der Waals surface area (Å²) < 4.78 is 12.7. The summed E-state index contributed by atoms with van der Waals surface area (Å²) in [4.78, 5) is 11.7. The first-order valence-electron chi connectivity index (χ1n) is 9.87. The Morgan fingerprint density at radius 3 is 1.93 bits per heavy atom. The molecule has 1 aliphatic heterocycles. The molecular formula is C23H30O3Si. The van der Waals surface area contributed by atoms with Crippen LogP contribution in [0.15, 0.2) is 60.7 Å². The number of cyclic esters (lactones) is 1. The second-order valence-electron chi connectivity index (χ2n) is 8.29. The smallest absolute Gasteiger partial charge is 0.306 e. The number of carbonyl (C=O) groups excluding carboxylic acids is 1. The van der Waals surface area contributed by atoms with Gasteiger partial charge in [0.25, 0.3) is 8.32 Å². The van der Waals surface area contributed by atoms with E-state index in [1.807, 2.05) is 12.1 Å². The van der Waals surface area contributed by atoms with Gasteiger partial charge in [0, 0.05) is 6.42 Å². The van der Waals surface area contributed by atoms with Gasteiger partial charge >= 0.3 is 5.97 Å². The monoisotopic (exact) mass is 382 g/mol. The molecule has 3 rings (SSSR count). The first kappa shape index (κ1) is 19.8. The normalized spacial score (nSPS) is 19.0. The van der Waals surface area contributed by atoms with Gasteiger partial charge in [-0.1, -0.05) is 88.4 Å². The van der Waals surface area contributed by atoms with Crippen LogP contribution >= 0.6 is 0 Å². The first-order chi connectivity index (χ1) is 12.9. The van der Waals surface area contributed by atoms with E-state index in [-0.39, 0.29) is 23.2 Å². The van der Waals surface area contributed by atoms with Crippen molar-refractivity contribution in [1.29, 1.82) is 0 Å². The molecule has 0 N–H and O–H groups in total. The fraction of sp³-hybridized carbons (Fsp3) is 0.435. The van der Waals surface area contributed by atoms with Crippen molar-refractivity contribution in [2.45, 2.75) is 64.2 Å². The molecule has 1 heterocycles. The van der Waals surface area contributed by atoms with Crippen molar-refractivity contribution in [1.82, 2.24) is 0 Å². The van der Waals surface area contributed by atoms with Crippen LogP contribution in [0.2, 0.25) is 5.04 Å². The molecule has 1 fully saturated rings. The van der Waals surface area contributed by atoms with Gasteiger partial charge in [-0.05, 0) is 28.3 Å². The zero-order valence-corrected chi connectivity index (χ0v) is 17.8. The predicted molar refractivity (Wildman–Crippen MR) is 112 cm³/mol. The van der Waals surface area contributed by atoms with Gasteiger partial charge < -0.3 is 9.16 Å². The minimum atomic E-state index is -2.61. The molecule has 144 valence electrons. The highest BCUT2D eigenvalue weighted by molar-refractivity contribution is 6.99. The fourth-order valence-electron chi connectivity index (χ4n) is 4.15. The molecule has 1 aliphatic rings. The number of benzene rings is 2. The number of carbonyl (C=O) groups is 1. The van der Waals surface area contributed by atoms with Gasteiger partial charge in [-0.15, -0.1) is 0 Å². The highest BCUT2D eigenvalue weighted by Gasteiger charge is 2.52. The van der Waals surface area contributed by atoms with E-state index in [0.29, 0.717) is 6.42 Å². The summed E-state index contributed by atoms with van der Waals surface area (Å²) in [6.07, 6.45) is 1.82. The van der Waals surface area contributed by atoms with Gasteiger partial charge in [-0.2, -0.15) is 0 Å². The van der Waals surface area contributed by atoms with Gasteiger partial charge in [-0.25, -0.2) is 0 Å². The molecular weight excluding hydrogens is 352 g/mol. The highest BCUT2D eigenvalue weighted by Crippen LogP contribution is 2.39.